The van der Waals surface area contributed by atoms with Crippen LogP contribution in [0.4, 0.5) is 9.18 Å². The van der Waals surface area contributed by atoms with Crippen LogP contribution < -0.4 is 5.32 Å². The number of carbonyl (C=O) groups is 1. The normalized spacial score (nSPS) is 15.5. The Bertz CT molecular complexity index is 982. The summed E-state index contributed by atoms with van der Waals surface area (Å²) in [6, 6.07) is 10.4. The van der Waals surface area contributed by atoms with Crippen molar-refractivity contribution >= 4 is 43.6 Å². The predicted octanol–water partition coefficient (Wildman–Crippen LogP) is 3.46. The minimum atomic E-state index is -3.93. The summed E-state index contributed by atoms with van der Waals surface area (Å²) < 4.78 is 41.1. The average Bonchev–Trinajstić information content (AvgIpc) is 2.67. The van der Waals surface area contributed by atoms with E-state index in [1.165, 1.54) is 27.4 Å². The number of urea groups is 1. The van der Waals surface area contributed by atoms with Gasteiger partial charge in [0.05, 0.1) is 0 Å². The Balaban J connectivity index is 1.57. The molecule has 1 heterocycles. The minimum Gasteiger partial charge on any atom is -0.334 e. The molecule has 150 valence electrons. The summed E-state index contributed by atoms with van der Waals surface area (Å²) >= 11 is 9.46. The molecular weight excluding hydrogens is 473 g/mol. The van der Waals surface area contributed by atoms with Gasteiger partial charge in [-0.3, -0.25) is 0 Å². The molecule has 0 aliphatic carbocycles. The highest BCUT2D eigenvalue weighted by Crippen LogP contribution is 2.22. The van der Waals surface area contributed by atoms with Crippen molar-refractivity contribution in [1.29, 1.82) is 0 Å². The highest BCUT2D eigenvalue weighted by atomic mass is 79.9. The molecule has 0 saturated carbocycles. The molecule has 3 rings (SSSR count). The molecule has 1 aliphatic rings. The smallest absolute Gasteiger partial charge is 0.317 e. The van der Waals surface area contributed by atoms with Crippen LogP contribution in [0, 0.1) is 5.82 Å². The second-order valence-corrected chi connectivity index (χ2v) is 9.45. The molecular formula is C18H18BrClFN3O3S. The summed E-state index contributed by atoms with van der Waals surface area (Å²) in [6.45, 7) is 0.895. The van der Waals surface area contributed by atoms with Gasteiger partial charge in [-0.2, -0.15) is 4.31 Å². The maximum absolute atomic E-state index is 13.9. The number of benzene rings is 2. The van der Waals surface area contributed by atoms with E-state index in [0.29, 0.717) is 5.02 Å². The van der Waals surface area contributed by atoms with Crippen molar-refractivity contribution in [2.45, 2.75) is 11.4 Å². The lowest BCUT2D eigenvalue weighted by molar-refractivity contribution is 0.172. The van der Waals surface area contributed by atoms with Gasteiger partial charge in [-0.15, -0.1) is 0 Å². The fourth-order valence-corrected chi connectivity index (χ4v) is 5.10. The largest absolute Gasteiger partial charge is 0.334 e. The van der Waals surface area contributed by atoms with E-state index in [9.17, 15) is 17.6 Å². The van der Waals surface area contributed by atoms with Crippen LogP contribution in [0.25, 0.3) is 0 Å². The Labute approximate surface area is 176 Å². The molecule has 0 bridgehead atoms. The van der Waals surface area contributed by atoms with Gasteiger partial charge in [0.1, 0.15) is 10.7 Å². The molecule has 6 nitrogen and oxygen atoms in total. The maximum Gasteiger partial charge on any atom is 0.317 e. The second-order valence-electron chi connectivity index (χ2n) is 6.22. The number of sulfonamides is 1. The van der Waals surface area contributed by atoms with Gasteiger partial charge in [-0.1, -0.05) is 45.7 Å². The third kappa shape index (κ3) is 4.65. The van der Waals surface area contributed by atoms with Crippen LogP contribution in [0.1, 0.15) is 5.56 Å². The fourth-order valence-electron chi connectivity index (χ4n) is 2.87. The Hall–Kier alpha value is -1.68. The van der Waals surface area contributed by atoms with Gasteiger partial charge in [-0.25, -0.2) is 17.6 Å². The predicted molar refractivity (Wildman–Crippen MR) is 108 cm³/mol. The van der Waals surface area contributed by atoms with E-state index in [1.807, 2.05) is 12.1 Å². The zero-order valence-corrected chi connectivity index (χ0v) is 17.9. The third-order valence-corrected chi connectivity index (χ3v) is 7.20. The summed E-state index contributed by atoms with van der Waals surface area (Å²) in [5, 5.41) is 3.32. The first-order chi connectivity index (χ1) is 13.3. The Morgan fingerprint density at radius 1 is 1.14 bits per heavy atom. The number of piperazine rings is 1. The molecule has 0 radical (unpaired) electrons. The van der Waals surface area contributed by atoms with Crippen molar-refractivity contribution in [2.24, 2.45) is 0 Å². The average molecular weight is 491 g/mol. The molecule has 2 amide bonds. The van der Waals surface area contributed by atoms with Gasteiger partial charge in [0.15, 0.2) is 0 Å². The highest BCUT2D eigenvalue weighted by Gasteiger charge is 2.31. The van der Waals surface area contributed by atoms with Crippen LogP contribution in [0.5, 0.6) is 0 Å². The first-order valence-electron chi connectivity index (χ1n) is 8.50. The molecule has 1 N–H and O–H groups in total. The quantitative estimate of drug-likeness (QED) is 0.714. The summed E-state index contributed by atoms with van der Waals surface area (Å²) in [6.07, 6.45) is 0. The lowest BCUT2D eigenvalue weighted by Gasteiger charge is -2.34. The van der Waals surface area contributed by atoms with E-state index in [2.05, 4.69) is 21.2 Å². The van der Waals surface area contributed by atoms with Crippen LogP contribution in [0.15, 0.2) is 51.8 Å². The van der Waals surface area contributed by atoms with Gasteiger partial charge in [0, 0.05) is 42.2 Å². The zero-order valence-electron chi connectivity index (χ0n) is 14.7. The Morgan fingerprint density at radius 3 is 2.46 bits per heavy atom. The second kappa shape index (κ2) is 8.77. The Kier molecular flexibility index (Phi) is 6.59. The first-order valence-corrected chi connectivity index (χ1v) is 11.1. The van der Waals surface area contributed by atoms with Crippen LogP contribution in [-0.4, -0.2) is 49.8 Å². The third-order valence-electron chi connectivity index (χ3n) is 4.43. The van der Waals surface area contributed by atoms with Crippen molar-refractivity contribution in [3.8, 4) is 0 Å². The van der Waals surface area contributed by atoms with E-state index in [0.717, 1.165) is 16.1 Å². The zero-order chi connectivity index (χ0) is 20.3. The van der Waals surface area contributed by atoms with E-state index in [1.54, 1.807) is 6.07 Å². The lowest BCUT2D eigenvalue weighted by atomic mass is 10.2. The number of hydrogen-bond donors (Lipinski definition) is 1. The SMILES string of the molecule is O=C(NCc1ccc(Br)cc1Cl)N1CCN(S(=O)(=O)c2ccccc2F)CC1. The van der Waals surface area contributed by atoms with Crippen LogP contribution in [0.3, 0.4) is 0 Å². The van der Waals surface area contributed by atoms with Crippen LogP contribution >= 0.6 is 27.5 Å². The monoisotopic (exact) mass is 489 g/mol. The van der Waals surface area contributed by atoms with Crippen molar-refractivity contribution in [3.05, 3.63) is 63.3 Å². The van der Waals surface area contributed by atoms with Gasteiger partial charge in [0.25, 0.3) is 0 Å². The maximum atomic E-state index is 13.9. The summed E-state index contributed by atoms with van der Waals surface area (Å²) in [5.74, 6) is -0.783. The molecule has 0 spiro atoms. The van der Waals surface area contributed by atoms with Gasteiger partial charge in [0.2, 0.25) is 10.0 Å². The van der Waals surface area contributed by atoms with Crippen molar-refractivity contribution in [2.75, 3.05) is 26.2 Å². The van der Waals surface area contributed by atoms with Crippen molar-refractivity contribution in [1.82, 2.24) is 14.5 Å². The molecule has 0 atom stereocenters. The van der Waals surface area contributed by atoms with Gasteiger partial charge < -0.3 is 10.2 Å². The molecule has 1 aliphatic heterocycles. The first kappa shape index (κ1) is 21.0. The Morgan fingerprint density at radius 2 is 1.82 bits per heavy atom. The van der Waals surface area contributed by atoms with E-state index in [-0.39, 0.29) is 43.7 Å². The van der Waals surface area contributed by atoms with Crippen molar-refractivity contribution < 1.29 is 17.6 Å². The molecule has 1 fully saturated rings. The summed E-state index contributed by atoms with van der Waals surface area (Å²) in [5.41, 5.74) is 0.777. The fraction of sp³-hybridized carbons (Fsp3) is 0.278. The summed E-state index contributed by atoms with van der Waals surface area (Å²) in [7, 11) is -3.93. The van der Waals surface area contributed by atoms with Crippen LogP contribution in [-0.2, 0) is 16.6 Å². The summed E-state index contributed by atoms with van der Waals surface area (Å²) in [4.78, 5) is 13.5. The number of hydrogen-bond acceptors (Lipinski definition) is 3. The number of amides is 2. The molecule has 0 unspecified atom stereocenters. The topological polar surface area (TPSA) is 69.7 Å². The van der Waals surface area contributed by atoms with E-state index in [4.69, 9.17) is 11.6 Å². The molecule has 1 saturated heterocycles. The number of carbonyl (C=O) groups excluding carboxylic acids is 1. The number of nitrogens with one attached hydrogen (secondary N) is 1. The molecule has 2 aromatic carbocycles. The van der Waals surface area contributed by atoms with Gasteiger partial charge >= 0.3 is 6.03 Å². The van der Waals surface area contributed by atoms with Crippen LogP contribution in [0.2, 0.25) is 5.02 Å². The van der Waals surface area contributed by atoms with Gasteiger partial charge in [-0.05, 0) is 29.8 Å². The molecule has 28 heavy (non-hydrogen) atoms. The standard InChI is InChI=1S/C18H18BrClFN3O3S/c19-14-6-5-13(15(20)11-14)12-22-18(25)23-7-9-24(10-8-23)28(26,27)17-4-2-1-3-16(17)21/h1-6,11H,7-10,12H2,(H,22,25). The highest BCUT2D eigenvalue weighted by molar-refractivity contribution is 9.10. The number of nitrogens with zero attached hydrogens (tertiary/aromatic N) is 2. The van der Waals surface area contributed by atoms with E-state index >= 15 is 0 Å². The lowest BCUT2D eigenvalue weighted by Crippen LogP contribution is -2.53. The number of halogens is 3. The molecule has 2 aromatic rings. The minimum absolute atomic E-state index is 0.100. The van der Waals surface area contributed by atoms with Crippen molar-refractivity contribution in [3.63, 3.8) is 0 Å². The van der Waals surface area contributed by atoms with E-state index < -0.39 is 15.8 Å². The molecule has 10 heteroatoms. The number of rotatable bonds is 4. The molecule has 0 aromatic heterocycles.